The number of rotatable bonds is 3. The van der Waals surface area contributed by atoms with E-state index in [1.807, 2.05) is 0 Å². The minimum Gasteiger partial charge on any atom is -0.477 e. The number of nitrogens with one attached hydrogen (secondary N) is 1. The number of aryl methyl sites for hydroxylation is 1. The quantitative estimate of drug-likeness (QED) is 0.570. The van der Waals surface area contributed by atoms with E-state index in [0.717, 1.165) is 11.3 Å². The van der Waals surface area contributed by atoms with Crippen molar-refractivity contribution in [2.45, 2.75) is 6.92 Å². The Labute approximate surface area is 122 Å². The minimum absolute atomic E-state index is 0.0227. The van der Waals surface area contributed by atoms with Crippen LogP contribution in [-0.2, 0) is 0 Å². The van der Waals surface area contributed by atoms with Gasteiger partial charge < -0.3 is 10.1 Å². The molecule has 3 rings (SSSR count). The first kappa shape index (κ1) is 13.3. The number of thiazole rings is 1. The van der Waals surface area contributed by atoms with Crippen LogP contribution in [0.25, 0.3) is 21.6 Å². The van der Waals surface area contributed by atoms with Crippen LogP contribution < -0.4 is 0 Å². The van der Waals surface area contributed by atoms with E-state index in [-0.39, 0.29) is 10.6 Å². The number of carboxylic acids is 1. The van der Waals surface area contributed by atoms with Crippen molar-refractivity contribution in [3.05, 3.63) is 45.0 Å². The third-order valence-corrected chi connectivity index (χ3v) is 4.23. The molecule has 2 heterocycles. The van der Waals surface area contributed by atoms with Crippen LogP contribution in [0.2, 0.25) is 0 Å². The number of carbonyl (C=O) groups is 1. The van der Waals surface area contributed by atoms with Gasteiger partial charge in [0.15, 0.2) is 0 Å². The zero-order valence-corrected chi connectivity index (χ0v) is 11.6. The summed E-state index contributed by atoms with van der Waals surface area (Å²) in [5.41, 5.74) is 1.38. The second-order valence-corrected chi connectivity index (χ2v) is 5.42. The molecule has 7 nitrogen and oxygen atoms in total. The Morgan fingerprint density at radius 3 is 2.86 bits per heavy atom. The fourth-order valence-corrected chi connectivity index (χ4v) is 2.99. The maximum Gasteiger partial charge on any atom is 0.347 e. The maximum atomic E-state index is 11.1. The molecule has 0 bridgehead atoms. The molecule has 0 saturated heterocycles. The van der Waals surface area contributed by atoms with Crippen molar-refractivity contribution < 1.29 is 14.8 Å². The topological polar surface area (TPSA) is 109 Å². The molecule has 0 amide bonds. The fraction of sp³-hybridized carbons (Fsp3) is 0.0769. The normalized spacial score (nSPS) is 10.9. The highest BCUT2D eigenvalue weighted by atomic mass is 32.1. The van der Waals surface area contributed by atoms with Crippen molar-refractivity contribution in [2.24, 2.45) is 0 Å². The zero-order chi connectivity index (χ0) is 15.1. The van der Waals surface area contributed by atoms with Crippen LogP contribution in [0.4, 0.5) is 5.69 Å². The third kappa shape index (κ3) is 2.15. The average molecular weight is 303 g/mol. The second-order valence-electron chi connectivity index (χ2n) is 4.42. The van der Waals surface area contributed by atoms with E-state index < -0.39 is 10.9 Å². The molecule has 0 radical (unpaired) electrons. The molecule has 21 heavy (non-hydrogen) atoms. The molecule has 0 aliphatic rings. The number of aromatic nitrogens is 2. The lowest BCUT2D eigenvalue weighted by Gasteiger charge is -1.92. The van der Waals surface area contributed by atoms with E-state index in [0.29, 0.717) is 27.3 Å². The number of aromatic carboxylic acids is 1. The summed E-state index contributed by atoms with van der Waals surface area (Å²) < 4.78 is 0. The van der Waals surface area contributed by atoms with Crippen LogP contribution in [-0.4, -0.2) is 26.0 Å². The molecular weight excluding hydrogens is 294 g/mol. The summed E-state index contributed by atoms with van der Waals surface area (Å²) in [6.45, 7) is 1.62. The molecule has 0 aliphatic heterocycles. The summed E-state index contributed by atoms with van der Waals surface area (Å²) in [6, 6.07) is 6.50. The summed E-state index contributed by atoms with van der Waals surface area (Å²) >= 11 is 1.04. The highest BCUT2D eigenvalue weighted by Gasteiger charge is 2.19. The number of nitro benzene ring substituents is 1. The molecule has 0 spiro atoms. The molecule has 0 aliphatic carbocycles. The number of para-hydroxylation sites is 1. The highest BCUT2D eigenvalue weighted by Crippen LogP contribution is 2.32. The summed E-state index contributed by atoms with van der Waals surface area (Å²) in [6.07, 6.45) is 0. The molecule has 0 atom stereocenters. The third-order valence-electron chi connectivity index (χ3n) is 3.05. The first-order valence-electron chi connectivity index (χ1n) is 5.94. The van der Waals surface area contributed by atoms with Crippen LogP contribution >= 0.6 is 11.3 Å². The number of aromatic amines is 1. The number of hydrogen-bond donors (Lipinski definition) is 2. The molecule has 1 aromatic carbocycles. The van der Waals surface area contributed by atoms with Crippen molar-refractivity contribution >= 4 is 33.9 Å². The van der Waals surface area contributed by atoms with E-state index in [1.54, 1.807) is 25.1 Å². The van der Waals surface area contributed by atoms with Gasteiger partial charge in [-0.3, -0.25) is 10.1 Å². The predicted octanol–water partition coefficient (Wildman–Crippen LogP) is 3.21. The SMILES string of the molecule is Cc1nc(-c2cc3cccc([N+](=O)[O-])c3[nH]2)sc1C(=O)O. The number of non-ortho nitro benzene ring substituents is 1. The van der Waals surface area contributed by atoms with Crippen LogP contribution in [0.3, 0.4) is 0 Å². The van der Waals surface area contributed by atoms with Crippen molar-refractivity contribution in [3.8, 4) is 10.7 Å². The Kier molecular flexibility index (Phi) is 2.95. The van der Waals surface area contributed by atoms with Crippen molar-refractivity contribution in [3.63, 3.8) is 0 Å². The van der Waals surface area contributed by atoms with Gasteiger partial charge in [0.25, 0.3) is 5.69 Å². The molecular formula is C13H9N3O4S. The zero-order valence-electron chi connectivity index (χ0n) is 10.8. The molecule has 0 saturated carbocycles. The Bertz CT molecular complexity index is 881. The molecule has 2 aromatic heterocycles. The Balaban J connectivity index is 2.18. The van der Waals surface area contributed by atoms with E-state index in [1.165, 1.54) is 6.07 Å². The molecule has 0 unspecified atom stereocenters. The summed E-state index contributed by atoms with van der Waals surface area (Å²) in [5, 5.41) is 21.2. The Morgan fingerprint density at radius 1 is 1.48 bits per heavy atom. The Hall–Kier alpha value is -2.74. The van der Waals surface area contributed by atoms with E-state index in [2.05, 4.69) is 9.97 Å². The van der Waals surface area contributed by atoms with Gasteiger partial charge in [-0.2, -0.15) is 0 Å². The number of hydrogen-bond acceptors (Lipinski definition) is 5. The van der Waals surface area contributed by atoms with Crippen LogP contribution in [0.15, 0.2) is 24.3 Å². The van der Waals surface area contributed by atoms with Crippen LogP contribution in [0.1, 0.15) is 15.4 Å². The number of H-pyrrole nitrogens is 1. The molecule has 0 fully saturated rings. The lowest BCUT2D eigenvalue weighted by atomic mass is 10.2. The monoisotopic (exact) mass is 303 g/mol. The van der Waals surface area contributed by atoms with E-state index in [9.17, 15) is 14.9 Å². The van der Waals surface area contributed by atoms with Gasteiger partial charge in [-0.15, -0.1) is 11.3 Å². The van der Waals surface area contributed by atoms with Crippen molar-refractivity contribution in [2.75, 3.05) is 0 Å². The lowest BCUT2D eigenvalue weighted by Crippen LogP contribution is -1.94. The predicted molar refractivity (Wildman–Crippen MR) is 77.8 cm³/mol. The van der Waals surface area contributed by atoms with E-state index >= 15 is 0 Å². The summed E-state index contributed by atoms with van der Waals surface area (Å²) in [7, 11) is 0. The largest absolute Gasteiger partial charge is 0.477 e. The summed E-state index contributed by atoms with van der Waals surface area (Å²) in [4.78, 5) is 28.9. The van der Waals surface area contributed by atoms with Gasteiger partial charge in [-0.05, 0) is 13.0 Å². The standard InChI is InChI=1S/C13H9N3O4S/c1-6-11(13(17)18)21-12(14-6)8-5-7-3-2-4-9(16(19)20)10(7)15-8/h2-5,15H,1H3,(H,17,18). The highest BCUT2D eigenvalue weighted by molar-refractivity contribution is 7.17. The van der Waals surface area contributed by atoms with Crippen LogP contribution in [0, 0.1) is 17.0 Å². The van der Waals surface area contributed by atoms with Gasteiger partial charge in [-0.1, -0.05) is 12.1 Å². The number of nitro groups is 1. The first-order valence-corrected chi connectivity index (χ1v) is 6.76. The van der Waals surface area contributed by atoms with Gasteiger partial charge in [0.2, 0.25) is 0 Å². The first-order chi connectivity index (χ1) is 9.97. The molecule has 2 N–H and O–H groups in total. The van der Waals surface area contributed by atoms with Gasteiger partial charge in [-0.25, -0.2) is 9.78 Å². The van der Waals surface area contributed by atoms with Crippen molar-refractivity contribution in [1.82, 2.24) is 9.97 Å². The van der Waals surface area contributed by atoms with Gasteiger partial charge in [0, 0.05) is 11.5 Å². The number of benzene rings is 1. The summed E-state index contributed by atoms with van der Waals surface area (Å²) in [5.74, 6) is -1.03. The van der Waals surface area contributed by atoms with Crippen LogP contribution in [0.5, 0.6) is 0 Å². The van der Waals surface area contributed by atoms with Gasteiger partial charge in [0.1, 0.15) is 15.4 Å². The number of carboxylic acid groups (broad SMARTS) is 1. The molecule has 8 heteroatoms. The van der Waals surface area contributed by atoms with Gasteiger partial charge >= 0.3 is 5.97 Å². The smallest absolute Gasteiger partial charge is 0.347 e. The minimum atomic E-state index is -1.03. The van der Waals surface area contributed by atoms with E-state index in [4.69, 9.17) is 5.11 Å². The average Bonchev–Trinajstić information content (AvgIpc) is 3.00. The molecule has 106 valence electrons. The van der Waals surface area contributed by atoms with Crippen molar-refractivity contribution in [1.29, 1.82) is 0 Å². The molecule has 3 aromatic rings. The van der Waals surface area contributed by atoms with Gasteiger partial charge in [0.05, 0.1) is 16.3 Å². The second kappa shape index (κ2) is 4.67. The Morgan fingerprint density at radius 2 is 2.24 bits per heavy atom. The number of nitrogens with zero attached hydrogens (tertiary/aromatic N) is 2. The number of fused-ring (bicyclic) bond motifs is 1. The fourth-order valence-electron chi connectivity index (χ4n) is 2.12. The maximum absolute atomic E-state index is 11.1. The lowest BCUT2D eigenvalue weighted by molar-refractivity contribution is -0.383.